The lowest BCUT2D eigenvalue weighted by Gasteiger charge is -2.40. The number of aryl methyl sites for hydroxylation is 1. The van der Waals surface area contributed by atoms with Gasteiger partial charge in [-0.1, -0.05) is 20.8 Å². The Labute approximate surface area is 144 Å². The Bertz CT molecular complexity index is 655. The number of ether oxygens (including phenoxy) is 2. The molecule has 1 aliphatic heterocycles. The predicted molar refractivity (Wildman–Crippen MR) is 95.7 cm³/mol. The zero-order valence-electron chi connectivity index (χ0n) is 15.2. The van der Waals surface area contributed by atoms with Gasteiger partial charge in [-0.2, -0.15) is 5.10 Å². The van der Waals surface area contributed by atoms with Crippen molar-refractivity contribution in [3.63, 3.8) is 0 Å². The predicted octanol–water partition coefficient (Wildman–Crippen LogP) is 4.40. The summed E-state index contributed by atoms with van der Waals surface area (Å²) in [4.78, 5) is 0. The summed E-state index contributed by atoms with van der Waals surface area (Å²) in [6.07, 6.45) is 4.53. The minimum Gasteiger partial charge on any atom is -0.493 e. The summed E-state index contributed by atoms with van der Waals surface area (Å²) in [6.45, 7) is 10.3. The molecule has 1 saturated heterocycles. The van der Waals surface area contributed by atoms with Crippen LogP contribution in [0.5, 0.6) is 5.75 Å². The fourth-order valence-corrected chi connectivity index (χ4v) is 3.43. The van der Waals surface area contributed by atoms with E-state index in [0.29, 0.717) is 12.5 Å². The molecule has 0 N–H and O–H groups in total. The van der Waals surface area contributed by atoms with Crippen molar-refractivity contribution in [2.45, 2.75) is 46.6 Å². The zero-order valence-corrected chi connectivity index (χ0v) is 15.2. The number of benzene rings is 1. The first kappa shape index (κ1) is 17.0. The Morgan fingerprint density at radius 2 is 1.96 bits per heavy atom. The van der Waals surface area contributed by atoms with E-state index in [9.17, 15) is 0 Å². The first-order chi connectivity index (χ1) is 11.4. The molecule has 130 valence electrons. The highest BCUT2D eigenvalue weighted by atomic mass is 16.5. The molecule has 4 nitrogen and oxygen atoms in total. The molecular formula is C20H28N2O2. The molecule has 24 heavy (non-hydrogen) atoms. The molecule has 2 aromatic rings. The van der Waals surface area contributed by atoms with E-state index in [4.69, 9.17) is 9.47 Å². The molecule has 0 radical (unpaired) electrons. The lowest BCUT2D eigenvalue weighted by Crippen LogP contribution is -2.42. The third kappa shape index (κ3) is 3.99. The topological polar surface area (TPSA) is 36.3 Å². The summed E-state index contributed by atoms with van der Waals surface area (Å²) < 4.78 is 14.0. The van der Waals surface area contributed by atoms with E-state index < -0.39 is 0 Å². The van der Waals surface area contributed by atoms with Gasteiger partial charge >= 0.3 is 0 Å². The van der Waals surface area contributed by atoms with Gasteiger partial charge in [-0.3, -0.25) is 0 Å². The van der Waals surface area contributed by atoms with Crippen molar-refractivity contribution < 1.29 is 9.47 Å². The minimum atomic E-state index is 0.149. The van der Waals surface area contributed by atoms with Gasteiger partial charge in [-0.25, -0.2) is 4.68 Å². The quantitative estimate of drug-likeness (QED) is 0.834. The van der Waals surface area contributed by atoms with Crippen molar-refractivity contribution in [3.8, 4) is 11.4 Å². The van der Waals surface area contributed by atoms with Crippen LogP contribution in [0, 0.1) is 18.3 Å². The second kappa shape index (κ2) is 6.98. The lowest BCUT2D eigenvalue weighted by molar-refractivity contribution is -0.0950. The van der Waals surface area contributed by atoms with Crippen LogP contribution >= 0.6 is 0 Å². The fourth-order valence-electron chi connectivity index (χ4n) is 3.43. The van der Waals surface area contributed by atoms with Crippen LogP contribution in [-0.2, 0) is 4.74 Å². The number of nitrogens with zero attached hydrogens (tertiary/aromatic N) is 2. The molecule has 1 aromatic carbocycles. The van der Waals surface area contributed by atoms with E-state index in [1.54, 1.807) is 0 Å². The van der Waals surface area contributed by atoms with Crippen molar-refractivity contribution in [2.75, 3.05) is 13.2 Å². The fraction of sp³-hybridized carbons (Fsp3) is 0.550. The summed E-state index contributed by atoms with van der Waals surface area (Å²) >= 11 is 0. The Morgan fingerprint density at radius 3 is 2.58 bits per heavy atom. The zero-order chi connectivity index (χ0) is 17.2. The maximum atomic E-state index is 6.06. The van der Waals surface area contributed by atoms with Crippen molar-refractivity contribution in [1.29, 1.82) is 0 Å². The standard InChI is InChI=1S/C20H28N2O2/c1-15-11-12-22(21-15)17-7-9-18(10-8-17)24-14-16-6-5-13-23-19(16)20(2,3)4/h7-12,16,19H,5-6,13-14H2,1-4H3. The Balaban J connectivity index is 1.62. The molecule has 3 rings (SSSR count). The third-order valence-electron chi connectivity index (χ3n) is 4.59. The molecule has 2 atom stereocenters. The molecule has 2 heterocycles. The molecular weight excluding hydrogens is 300 g/mol. The minimum absolute atomic E-state index is 0.149. The van der Waals surface area contributed by atoms with Crippen LogP contribution in [0.4, 0.5) is 0 Å². The molecule has 0 aliphatic carbocycles. The van der Waals surface area contributed by atoms with Crippen LogP contribution in [0.3, 0.4) is 0 Å². The van der Waals surface area contributed by atoms with Gasteiger partial charge in [-0.15, -0.1) is 0 Å². The van der Waals surface area contributed by atoms with E-state index in [2.05, 4.69) is 25.9 Å². The molecule has 1 aromatic heterocycles. The maximum Gasteiger partial charge on any atom is 0.119 e. The second-order valence-electron chi connectivity index (χ2n) is 7.77. The van der Waals surface area contributed by atoms with E-state index in [-0.39, 0.29) is 11.5 Å². The SMILES string of the molecule is Cc1ccn(-c2ccc(OCC3CCCOC3C(C)(C)C)cc2)n1. The molecule has 1 fully saturated rings. The van der Waals surface area contributed by atoms with Gasteiger partial charge in [0.15, 0.2) is 0 Å². The van der Waals surface area contributed by atoms with E-state index >= 15 is 0 Å². The van der Waals surface area contributed by atoms with E-state index in [1.807, 2.05) is 48.1 Å². The molecule has 1 aliphatic rings. The molecule has 0 saturated carbocycles. The number of rotatable bonds is 4. The molecule has 4 heteroatoms. The molecule has 0 bridgehead atoms. The van der Waals surface area contributed by atoms with Crippen LogP contribution in [-0.4, -0.2) is 29.1 Å². The van der Waals surface area contributed by atoms with E-state index in [0.717, 1.165) is 30.2 Å². The molecule has 0 spiro atoms. The van der Waals surface area contributed by atoms with Gasteiger partial charge in [0, 0.05) is 18.7 Å². The molecule has 2 unspecified atom stereocenters. The highest BCUT2D eigenvalue weighted by Gasteiger charge is 2.35. The summed E-state index contributed by atoms with van der Waals surface area (Å²) in [5.41, 5.74) is 2.21. The molecule has 0 amide bonds. The van der Waals surface area contributed by atoms with Gasteiger partial charge in [0.05, 0.1) is 24.1 Å². The summed E-state index contributed by atoms with van der Waals surface area (Å²) in [7, 11) is 0. The maximum absolute atomic E-state index is 6.06. The number of hydrogen-bond donors (Lipinski definition) is 0. The summed E-state index contributed by atoms with van der Waals surface area (Å²) in [6, 6.07) is 10.1. The van der Waals surface area contributed by atoms with Gasteiger partial charge in [0.25, 0.3) is 0 Å². The van der Waals surface area contributed by atoms with Crippen LogP contribution in [0.25, 0.3) is 5.69 Å². The number of hydrogen-bond acceptors (Lipinski definition) is 3. The van der Waals surface area contributed by atoms with Crippen molar-refractivity contribution in [3.05, 3.63) is 42.2 Å². The van der Waals surface area contributed by atoms with Crippen molar-refractivity contribution in [2.24, 2.45) is 11.3 Å². The van der Waals surface area contributed by atoms with Crippen LogP contribution in [0.2, 0.25) is 0 Å². The normalized spacial score (nSPS) is 21.7. The highest BCUT2D eigenvalue weighted by Crippen LogP contribution is 2.34. The van der Waals surface area contributed by atoms with Gasteiger partial charge in [0.2, 0.25) is 0 Å². The lowest BCUT2D eigenvalue weighted by atomic mass is 9.78. The number of aromatic nitrogens is 2. The van der Waals surface area contributed by atoms with Crippen molar-refractivity contribution >= 4 is 0 Å². The first-order valence-corrected chi connectivity index (χ1v) is 8.80. The monoisotopic (exact) mass is 328 g/mol. The van der Waals surface area contributed by atoms with Crippen molar-refractivity contribution in [1.82, 2.24) is 9.78 Å². The Hall–Kier alpha value is -1.81. The van der Waals surface area contributed by atoms with Crippen LogP contribution in [0.15, 0.2) is 36.5 Å². The Kier molecular flexibility index (Phi) is 4.95. The summed E-state index contributed by atoms with van der Waals surface area (Å²) in [5, 5.41) is 4.43. The van der Waals surface area contributed by atoms with E-state index in [1.165, 1.54) is 6.42 Å². The summed E-state index contributed by atoms with van der Waals surface area (Å²) in [5.74, 6) is 1.35. The van der Waals surface area contributed by atoms with Gasteiger partial charge in [-0.05, 0) is 55.5 Å². The second-order valence-corrected chi connectivity index (χ2v) is 7.77. The highest BCUT2D eigenvalue weighted by molar-refractivity contribution is 5.36. The average molecular weight is 328 g/mol. The average Bonchev–Trinajstić information content (AvgIpc) is 2.99. The van der Waals surface area contributed by atoms with Gasteiger partial charge < -0.3 is 9.47 Å². The van der Waals surface area contributed by atoms with Crippen LogP contribution < -0.4 is 4.74 Å². The van der Waals surface area contributed by atoms with Crippen LogP contribution in [0.1, 0.15) is 39.3 Å². The smallest absolute Gasteiger partial charge is 0.119 e. The Morgan fingerprint density at radius 1 is 1.21 bits per heavy atom. The largest absolute Gasteiger partial charge is 0.493 e. The van der Waals surface area contributed by atoms with Gasteiger partial charge in [0.1, 0.15) is 5.75 Å². The first-order valence-electron chi connectivity index (χ1n) is 8.80. The third-order valence-corrected chi connectivity index (χ3v) is 4.59.